The third-order valence-electron chi connectivity index (χ3n) is 2.50. The lowest BCUT2D eigenvalue weighted by molar-refractivity contribution is -0.121. The van der Waals surface area contributed by atoms with E-state index in [2.05, 4.69) is 29.5 Å². The molecule has 0 spiro atoms. The van der Waals surface area contributed by atoms with Gasteiger partial charge in [-0.3, -0.25) is 4.79 Å². The molecule has 1 heterocycles. The highest BCUT2D eigenvalue weighted by molar-refractivity contribution is 5.76. The van der Waals surface area contributed by atoms with Gasteiger partial charge in [-0.25, -0.2) is 4.98 Å². The number of nitrogens with zero attached hydrogens (tertiary/aromatic N) is 2. The van der Waals surface area contributed by atoms with Gasteiger partial charge in [0.15, 0.2) is 0 Å². The van der Waals surface area contributed by atoms with E-state index < -0.39 is 0 Å². The number of aryl methyl sites for hydroxylation is 1. The zero-order chi connectivity index (χ0) is 13.5. The second-order valence-electron chi connectivity index (χ2n) is 5.04. The van der Waals surface area contributed by atoms with E-state index in [1.54, 1.807) is 6.20 Å². The Morgan fingerprint density at radius 3 is 2.67 bits per heavy atom. The van der Waals surface area contributed by atoms with Crippen molar-refractivity contribution < 1.29 is 4.79 Å². The number of carbonyl (C=O) groups excluding carboxylic acids is 1. The van der Waals surface area contributed by atoms with Crippen molar-refractivity contribution >= 4 is 5.91 Å². The van der Waals surface area contributed by atoms with Crippen LogP contribution in [0, 0.1) is 0 Å². The van der Waals surface area contributed by atoms with Gasteiger partial charge in [0.2, 0.25) is 5.91 Å². The Morgan fingerprint density at radius 2 is 2.06 bits per heavy atom. The van der Waals surface area contributed by atoms with Crippen molar-refractivity contribution in [1.29, 1.82) is 0 Å². The molecule has 0 unspecified atom stereocenters. The molecule has 0 aliphatic heterocycles. The Balaban J connectivity index is 2.42. The number of aromatic nitrogens is 2. The Labute approximate surface area is 109 Å². The number of nitrogens with one attached hydrogen (secondary N) is 2. The van der Waals surface area contributed by atoms with Gasteiger partial charge in [-0.2, -0.15) is 0 Å². The number of hydrogen-bond acceptors (Lipinski definition) is 3. The first kappa shape index (κ1) is 14.7. The Hall–Kier alpha value is -1.36. The van der Waals surface area contributed by atoms with Gasteiger partial charge >= 0.3 is 0 Å². The number of carbonyl (C=O) groups is 1. The lowest BCUT2D eigenvalue weighted by atomic mass is 10.3. The molecular weight excluding hydrogens is 228 g/mol. The molecule has 5 heteroatoms. The monoisotopic (exact) mass is 252 g/mol. The first-order chi connectivity index (χ1) is 8.49. The average molecular weight is 252 g/mol. The van der Waals surface area contributed by atoms with E-state index in [0.29, 0.717) is 19.0 Å². The summed E-state index contributed by atoms with van der Waals surface area (Å²) in [5.74, 6) is 1.06. The molecule has 0 saturated heterocycles. The normalized spacial score (nSPS) is 11.2. The van der Waals surface area contributed by atoms with Gasteiger partial charge in [0.1, 0.15) is 5.82 Å². The predicted molar refractivity (Wildman–Crippen MR) is 72.1 cm³/mol. The summed E-state index contributed by atoms with van der Waals surface area (Å²) in [6, 6.07) is 0.627. The van der Waals surface area contributed by atoms with Gasteiger partial charge in [0, 0.05) is 37.4 Å². The van der Waals surface area contributed by atoms with Crippen LogP contribution in [0.3, 0.4) is 0 Å². The van der Waals surface area contributed by atoms with Crippen LogP contribution in [0.15, 0.2) is 12.4 Å². The lowest BCUT2D eigenvalue weighted by Crippen LogP contribution is -2.31. The van der Waals surface area contributed by atoms with E-state index in [0.717, 1.165) is 12.4 Å². The van der Waals surface area contributed by atoms with Crippen LogP contribution < -0.4 is 10.6 Å². The summed E-state index contributed by atoms with van der Waals surface area (Å²) in [4.78, 5) is 15.9. The largest absolute Gasteiger partial charge is 0.354 e. The fourth-order valence-electron chi connectivity index (χ4n) is 1.62. The van der Waals surface area contributed by atoms with Crippen molar-refractivity contribution in [2.45, 2.75) is 59.3 Å². The Morgan fingerprint density at radius 1 is 1.33 bits per heavy atom. The van der Waals surface area contributed by atoms with Gasteiger partial charge in [0.25, 0.3) is 0 Å². The van der Waals surface area contributed by atoms with Crippen LogP contribution >= 0.6 is 0 Å². The summed E-state index contributed by atoms with van der Waals surface area (Å²) >= 11 is 0. The van der Waals surface area contributed by atoms with Crippen molar-refractivity contribution in [3.05, 3.63) is 18.2 Å². The smallest absolute Gasteiger partial charge is 0.221 e. The van der Waals surface area contributed by atoms with Crippen molar-refractivity contribution in [2.75, 3.05) is 0 Å². The van der Waals surface area contributed by atoms with E-state index in [1.165, 1.54) is 0 Å². The highest BCUT2D eigenvalue weighted by Crippen LogP contribution is 2.00. The summed E-state index contributed by atoms with van der Waals surface area (Å²) in [6.07, 6.45) is 4.18. The second kappa shape index (κ2) is 7.16. The van der Waals surface area contributed by atoms with E-state index in [-0.39, 0.29) is 11.9 Å². The maximum absolute atomic E-state index is 11.6. The SMILES string of the molecule is CC(C)NCc1nccn1CCC(=O)NC(C)C. The molecule has 2 N–H and O–H groups in total. The van der Waals surface area contributed by atoms with Crippen LogP contribution in [0.2, 0.25) is 0 Å². The maximum Gasteiger partial charge on any atom is 0.221 e. The third-order valence-corrected chi connectivity index (χ3v) is 2.50. The predicted octanol–water partition coefficient (Wildman–Crippen LogP) is 1.30. The quantitative estimate of drug-likeness (QED) is 0.769. The molecule has 0 aliphatic rings. The molecule has 1 rings (SSSR count). The molecule has 0 radical (unpaired) electrons. The second-order valence-corrected chi connectivity index (χ2v) is 5.04. The summed E-state index contributed by atoms with van der Waals surface area (Å²) in [7, 11) is 0. The van der Waals surface area contributed by atoms with Crippen LogP contribution in [0.25, 0.3) is 0 Å². The number of imidazole rings is 1. The zero-order valence-corrected chi connectivity index (χ0v) is 11.7. The highest BCUT2D eigenvalue weighted by Gasteiger charge is 2.07. The van der Waals surface area contributed by atoms with E-state index in [1.807, 2.05) is 24.6 Å². The maximum atomic E-state index is 11.6. The molecule has 0 saturated carbocycles. The van der Waals surface area contributed by atoms with Crippen LogP contribution in [-0.4, -0.2) is 27.5 Å². The highest BCUT2D eigenvalue weighted by atomic mass is 16.1. The fourth-order valence-corrected chi connectivity index (χ4v) is 1.62. The standard InChI is InChI=1S/C13H24N4O/c1-10(2)15-9-12-14-6-8-17(12)7-5-13(18)16-11(3)4/h6,8,10-11,15H,5,7,9H2,1-4H3,(H,16,18). The Kier molecular flexibility index (Phi) is 5.85. The van der Waals surface area contributed by atoms with Gasteiger partial charge in [-0.15, -0.1) is 0 Å². The molecule has 1 aromatic rings. The van der Waals surface area contributed by atoms with Crippen LogP contribution in [-0.2, 0) is 17.9 Å². The fraction of sp³-hybridized carbons (Fsp3) is 0.692. The summed E-state index contributed by atoms with van der Waals surface area (Å²) in [6.45, 7) is 9.54. The minimum absolute atomic E-state index is 0.0847. The summed E-state index contributed by atoms with van der Waals surface area (Å²) < 4.78 is 2.02. The van der Waals surface area contributed by atoms with Crippen molar-refractivity contribution in [1.82, 2.24) is 20.2 Å². The number of hydrogen-bond donors (Lipinski definition) is 2. The molecule has 1 amide bonds. The number of amides is 1. The molecular formula is C13H24N4O. The van der Waals surface area contributed by atoms with Crippen LogP contribution in [0.5, 0.6) is 0 Å². The molecule has 0 atom stereocenters. The van der Waals surface area contributed by atoms with Gasteiger partial charge in [-0.1, -0.05) is 13.8 Å². The number of rotatable bonds is 7. The Bertz CT molecular complexity index is 371. The first-order valence-corrected chi connectivity index (χ1v) is 6.51. The zero-order valence-electron chi connectivity index (χ0n) is 11.7. The molecule has 5 nitrogen and oxygen atoms in total. The third kappa shape index (κ3) is 5.31. The molecule has 0 aliphatic carbocycles. The summed E-state index contributed by atoms with van der Waals surface area (Å²) in [5.41, 5.74) is 0. The van der Waals surface area contributed by atoms with E-state index in [9.17, 15) is 4.79 Å². The van der Waals surface area contributed by atoms with Gasteiger partial charge in [0.05, 0.1) is 6.54 Å². The van der Waals surface area contributed by atoms with E-state index in [4.69, 9.17) is 0 Å². The van der Waals surface area contributed by atoms with Crippen molar-refractivity contribution in [3.8, 4) is 0 Å². The minimum Gasteiger partial charge on any atom is -0.354 e. The van der Waals surface area contributed by atoms with E-state index >= 15 is 0 Å². The van der Waals surface area contributed by atoms with Gasteiger partial charge < -0.3 is 15.2 Å². The molecule has 102 valence electrons. The van der Waals surface area contributed by atoms with Crippen molar-refractivity contribution in [2.24, 2.45) is 0 Å². The van der Waals surface area contributed by atoms with Crippen LogP contribution in [0.1, 0.15) is 39.9 Å². The first-order valence-electron chi connectivity index (χ1n) is 6.51. The molecule has 0 bridgehead atoms. The molecule has 18 heavy (non-hydrogen) atoms. The topological polar surface area (TPSA) is 59.0 Å². The van der Waals surface area contributed by atoms with Crippen LogP contribution in [0.4, 0.5) is 0 Å². The lowest BCUT2D eigenvalue weighted by Gasteiger charge is -2.12. The molecule has 1 aromatic heterocycles. The van der Waals surface area contributed by atoms with Gasteiger partial charge in [-0.05, 0) is 13.8 Å². The molecule has 0 fully saturated rings. The molecule has 0 aromatic carbocycles. The average Bonchev–Trinajstić information content (AvgIpc) is 2.70. The summed E-state index contributed by atoms with van der Waals surface area (Å²) in [5, 5.41) is 6.21. The van der Waals surface area contributed by atoms with Crippen molar-refractivity contribution in [3.63, 3.8) is 0 Å². The minimum atomic E-state index is 0.0847.